The number of benzene rings is 1. The minimum atomic E-state index is 1.00. The van der Waals surface area contributed by atoms with Gasteiger partial charge in [-0.25, -0.2) is 0 Å². The fraction of sp³-hybridized carbons (Fsp3) is 0.222. The van der Waals surface area contributed by atoms with Gasteiger partial charge in [0.05, 0.1) is 15.9 Å². The Bertz CT molecular complexity index is 952. The minimum Gasteiger partial charge on any atom is -0.361 e. The number of nitrogens with zero attached hydrogens (tertiary/aromatic N) is 1. The van der Waals surface area contributed by atoms with Gasteiger partial charge in [0, 0.05) is 28.5 Å². The fourth-order valence-corrected chi connectivity index (χ4v) is 4.32. The number of thiophene rings is 1. The summed E-state index contributed by atoms with van der Waals surface area (Å²) in [5, 5.41) is 1.27. The van der Waals surface area contributed by atoms with Crippen molar-refractivity contribution < 1.29 is 0 Å². The normalized spacial score (nSPS) is 11.8. The third-order valence-electron chi connectivity index (χ3n) is 4.24. The van der Waals surface area contributed by atoms with Crippen molar-refractivity contribution in [3.8, 4) is 11.3 Å². The van der Waals surface area contributed by atoms with Crippen molar-refractivity contribution in [2.24, 2.45) is 0 Å². The van der Waals surface area contributed by atoms with E-state index in [-0.39, 0.29) is 0 Å². The second-order valence-corrected chi connectivity index (χ2v) is 6.83. The zero-order chi connectivity index (χ0) is 14.6. The first-order valence-electron chi connectivity index (χ1n) is 7.35. The molecular weight excluding hydrogens is 276 g/mol. The predicted molar refractivity (Wildman–Crippen MR) is 92.3 cm³/mol. The molecule has 21 heavy (non-hydrogen) atoms. The van der Waals surface area contributed by atoms with Crippen LogP contribution in [0.4, 0.5) is 0 Å². The first-order valence-corrected chi connectivity index (χ1v) is 8.17. The van der Waals surface area contributed by atoms with Crippen LogP contribution in [0.3, 0.4) is 0 Å². The molecule has 106 valence electrons. The number of hydrogen-bond donors (Lipinski definition) is 1. The van der Waals surface area contributed by atoms with Crippen LogP contribution < -0.4 is 0 Å². The van der Waals surface area contributed by atoms with Crippen LogP contribution in [-0.2, 0) is 6.54 Å². The Balaban J connectivity index is 2.04. The van der Waals surface area contributed by atoms with E-state index in [1.54, 1.807) is 0 Å². The van der Waals surface area contributed by atoms with Gasteiger partial charge in [0.15, 0.2) is 0 Å². The van der Waals surface area contributed by atoms with Gasteiger partial charge in [-0.15, -0.1) is 11.3 Å². The van der Waals surface area contributed by atoms with E-state index in [0.717, 1.165) is 6.54 Å². The monoisotopic (exact) mass is 294 g/mol. The van der Waals surface area contributed by atoms with Gasteiger partial charge in [0.25, 0.3) is 0 Å². The molecule has 0 atom stereocenters. The molecule has 0 aliphatic heterocycles. The molecule has 4 rings (SSSR count). The molecule has 0 aliphatic rings. The Morgan fingerprint density at radius 1 is 1.14 bits per heavy atom. The molecule has 0 fully saturated rings. The van der Waals surface area contributed by atoms with Crippen LogP contribution in [0.15, 0.2) is 36.5 Å². The Hall–Kier alpha value is -2.00. The van der Waals surface area contributed by atoms with E-state index in [9.17, 15) is 0 Å². The first-order chi connectivity index (χ1) is 10.2. The lowest BCUT2D eigenvalue weighted by Gasteiger charge is -2.09. The molecule has 0 saturated carbocycles. The van der Waals surface area contributed by atoms with Gasteiger partial charge in [-0.05, 0) is 56.2 Å². The van der Waals surface area contributed by atoms with Gasteiger partial charge in [0.1, 0.15) is 0 Å². The van der Waals surface area contributed by atoms with Crippen LogP contribution in [0.1, 0.15) is 17.4 Å². The van der Waals surface area contributed by atoms with Crippen LogP contribution in [0.2, 0.25) is 0 Å². The summed E-state index contributed by atoms with van der Waals surface area (Å²) >= 11 is 1.90. The maximum atomic E-state index is 3.27. The van der Waals surface area contributed by atoms with E-state index >= 15 is 0 Å². The highest BCUT2D eigenvalue weighted by Crippen LogP contribution is 2.38. The summed E-state index contributed by atoms with van der Waals surface area (Å²) in [5.74, 6) is 0. The summed E-state index contributed by atoms with van der Waals surface area (Å²) < 4.78 is 3.88. The average molecular weight is 294 g/mol. The van der Waals surface area contributed by atoms with E-state index in [1.165, 1.54) is 42.8 Å². The lowest BCUT2D eigenvalue weighted by atomic mass is 10.1. The maximum Gasteiger partial charge on any atom is 0.0600 e. The van der Waals surface area contributed by atoms with Gasteiger partial charge in [-0.1, -0.05) is 6.07 Å². The standard InChI is InChI=1S/C18H18N2S/c1-4-20-16-9-11(2)21-18(16)12(3)17(20)14-5-6-15-13(10-14)7-8-19-15/h5-10,19H,4H2,1-3H3. The molecule has 0 aliphatic carbocycles. The molecule has 1 N–H and O–H groups in total. The number of fused-ring (bicyclic) bond motifs is 2. The van der Waals surface area contributed by atoms with E-state index in [0.29, 0.717) is 0 Å². The molecule has 0 unspecified atom stereocenters. The number of nitrogens with one attached hydrogen (secondary N) is 1. The third kappa shape index (κ3) is 1.77. The molecule has 3 heteroatoms. The zero-order valence-corrected chi connectivity index (χ0v) is 13.3. The highest BCUT2D eigenvalue weighted by atomic mass is 32.1. The van der Waals surface area contributed by atoms with Crippen molar-refractivity contribution in [3.63, 3.8) is 0 Å². The van der Waals surface area contributed by atoms with E-state index in [4.69, 9.17) is 0 Å². The van der Waals surface area contributed by atoms with Gasteiger partial charge in [0.2, 0.25) is 0 Å². The molecule has 0 spiro atoms. The summed E-state index contributed by atoms with van der Waals surface area (Å²) in [7, 11) is 0. The molecule has 0 amide bonds. The molecule has 3 aromatic heterocycles. The lowest BCUT2D eigenvalue weighted by molar-refractivity contribution is 0.804. The van der Waals surface area contributed by atoms with Crippen molar-refractivity contribution in [3.05, 3.63) is 47.0 Å². The van der Waals surface area contributed by atoms with Crippen LogP contribution in [0.25, 0.3) is 32.4 Å². The van der Waals surface area contributed by atoms with Gasteiger partial charge >= 0.3 is 0 Å². The molecule has 3 heterocycles. The lowest BCUT2D eigenvalue weighted by Crippen LogP contribution is -1.97. The quantitative estimate of drug-likeness (QED) is 0.505. The smallest absolute Gasteiger partial charge is 0.0600 e. The molecule has 0 radical (unpaired) electrons. The number of aromatic amines is 1. The second kappa shape index (κ2) is 4.50. The van der Waals surface area contributed by atoms with Crippen LogP contribution >= 0.6 is 11.3 Å². The molecular formula is C18H18N2S. The van der Waals surface area contributed by atoms with E-state index < -0.39 is 0 Å². The summed E-state index contributed by atoms with van der Waals surface area (Å²) in [6.07, 6.45) is 2.00. The predicted octanol–water partition coefficient (Wildman–Crippen LogP) is 5.49. The Morgan fingerprint density at radius 2 is 2.00 bits per heavy atom. The SMILES string of the molecule is CCn1c(-c2ccc3[nH]ccc3c2)c(C)c2sc(C)cc21. The minimum absolute atomic E-state index is 1.00. The van der Waals surface area contributed by atoms with Crippen LogP contribution in [-0.4, -0.2) is 9.55 Å². The van der Waals surface area contributed by atoms with Gasteiger partial charge < -0.3 is 9.55 Å². The molecule has 0 bridgehead atoms. The second-order valence-electron chi connectivity index (χ2n) is 5.57. The summed E-state index contributed by atoms with van der Waals surface area (Å²) in [4.78, 5) is 4.65. The summed E-state index contributed by atoms with van der Waals surface area (Å²) in [5.41, 5.74) is 6.65. The number of H-pyrrole nitrogens is 1. The largest absolute Gasteiger partial charge is 0.361 e. The van der Waals surface area contributed by atoms with Crippen molar-refractivity contribution in [2.75, 3.05) is 0 Å². The molecule has 1 aromatic carbocycles. The highest BCUT2D eigenvalue weighted by Gasteiger charge is 2.17. The first kappa shape index (κ1) is 12.7. The number of hydrogen-bond acceptors (Lipinski definition) is 1. The maximum absolute atomic E-state index is 3.27. The van der Waals surface area contributed by atoms with E-state index in [1.807, 2.05) is 17.5 Å². The number of aryl methyl sites for hydroxylation is 3. The third-order valence-corrected chi connectivity index (χ3v) is 5.39. The van der Waals surface area contributed by atoms with Crippen molar-refractivity contribution in [1.82, 2.24) is 9.55 Å². The topological polar surface area (TPSA) is 20.7 Å². The van der Waals surface area contributed by atoms with Crippen LogP contribution in [0, 0.1) is 13.8 Å². The molecule has 4 aromatic rings. The summed E-state index contributed by atoms with van der Waals surface area (Å²) in [6, 6.07) is 11.1. The van der Waals surface area contributed by atoms with Crippen molar-refractivity contribution >= 4 is 32.5 Å². The van der Waals surface area contributed by atoms with Crippen LogP contribution in [0.5, 0.6) is 0 Å². The van der Waals surface area contributed by atoms with E-state index in [2.05, 4.69) is 60.7 Å². The van der Waals surface area contributed by atoms with Crippen molar-refractivity contribution in [1.29, 1.82) is 0 Å². The Morgan fingerprint density at radius 3 is 2.81 bits per heavy atom. The number of aromatic nitrogens is 2. The van der Waals surface area contributed by atoms with Gasteiger partial charge in [-0.3, -0.25) is 0 Å². The molecule has 0 saturated heterocycles. The highest BCUT2D eigenvalue weighted by molar-refractivity contribution is 7.19. The Labute approximate surface area is 128 Å². The zero-order valence-electron chi connectivity index (χ0n) is 12.5. The average Bonchev–Trinajstić information content (AvgIpc) is 3.13. The Kier molecular flexibility index (Phi) is 2.73. The number of rotatable bonds is 2. The van der Waals surface area contributed by atoms with Crippen molar-refractivity contribution in [2.45, 2.75) is 27.3 Å². The molecule has 2 nitrogen and oxygen atoms in total. The summed E-state index contributed by atoms with van der Waals surface area (Å²) in [6.45, 7) is 7.67. The fourth-order valence-electron chi connectivity index (χ4n) is 3.30. The van der Waals surface area contributed by atoms with Gasteiger partial charge in [-0.2, -0.15) is 0 Å².